The van der Waals surface area contributed by atoms with E-state index in [9.17, 15) is 22.8 Å². The van der Waals surface area contributed by atoms with Crippen LogP contribution in [0.1, 0.15) is 12.0 Å². The van der Waals surface area contributed by atoms with E-state index in [1.54, 1.807) is 11.9 Å². The third kappa shape index (κ3) is 6.92. The van der Waals surface area contributed by atoms with Gasteiger partial charge in [-0.2, -0.15) is 13.2 Å². The second kappa shape index (κ2) is 10.8. The Hall–Kier alpha value is -3.65. The van der Waals surface area contributed by atoms with E-state index in [0.29, 0.717) is 5.69 Å². The van der Waals surface area contributed by atoms with Gasteiger partial charge in [-0.1, -0.05) is 60.7 Å². The Labute approximate surface area is 190 Å². The van der Waals surface area contributed by atoms with Gasteiger partial charge in [0.2, 0.25) is 11.8 Å². The number of amides is 2. The number of nitrogens with one attached hydrogen (secondary N) is 2. The fourth-order valence-electron chi connectivity index (χ4n) is 3.32. The van der Waals surface area contributed by atoms with Crippen molar-refractivity contribution in [3.8, 4) is 11.1 Å². The third-order valence-electron chi connectivity index (χ3n) is 4.93. The molecule has 0 aromatic heterocycles. The average Bonchev–Trinajstić information content (AvgIpc) is 2.78. The molecule has 0 aliphatic heterocycles. The number of hydrogen-bond acceptors (Lipinski definition) is 3. The van der Waals surface area contributed by atoms with Gasteiger partial charge in [-0.15, -0.1) is 0 Å². The van der Waals surface area contributed by atoms with Crippen LogP contribution in [0.15, 0.2) is 78.9 Å². The van der Waals surface area contributed by atoms with Crippen LogP contribution < -0.4 is 10.6 Å². The Bertz CT molecular complexity index is 1100. The molecule has 3 aromatic rings. The average molecular weight is 455 g/mol. The van der Waals surface area contributed by atoms with Crippen LogP contribution in [0.2, 0.25) is 0 Å². The number of rotatable bonds is 8. The predicted octanol–water partition coefficient (Wildman–Crippen LogP) is 5.27. The zero-order chi connectivity index (χ0) is 23.8. The highest BCUT2D eigenvalue weighted by Crippen LogP contribution is 2.34. The molecule has 8 heteroatoms. The van der Waals surface area contributed by atoms with Crippen LogP contribution in [0.3, 0.4) is 0 Å². The Balaban J connectivity index is 1.53. The van der Waals surface area contributed by atoms with E-state index < -0.39 is 17.6 Å². The maximum absolute atomic E-state index is 13.1. The van der Waals surface area contributed by atoms with Crippen LogP contribution in [-0.2, 0) is 15.8 Å². The summed E-state index contributed by atoms with van der Waals surface area (Å²) in [7, 11) is 1.63. The molecule has 0 saturated heterocycles. The summed E-state index contributed by atoms with van der Waals surface area (Å²) in [6.07, 6.45) is -4.45. The van der Waals surface area contributed by atoms with E-state index >= 15 is 0 Å². The minimum atomic E-state index is -4.57. The van der Waals surface area contributed by atoms with Crippen LogP contribution in [0.4, 0.5) is 24.5 Å². The van der Waals surface area contributed by atoms with E-state index in [0.717, 1.165) is 17.2 Å². The summed E-state index contributed by atoms with van der Waals surface area (Å²) in [5.74, 6) is -0.822. The molecule has 2 N–H and O–H groups in total. The van der Waals surface area contributed by atoms with E-state index in [-0.39, 0.29) is 31.1 Å². The van der Waals surface area contributed by atoms with Gasteiger partial charge in [-0.3, -0.25) is 14.5 Å². The lowest BCUT2D eigenvalue weighted by Crippen LogP contribution is -2.33. The molecule has 0 saturated carbocycles. The summed E-state index contributed by atoms with van der Waals surface area (Å²) in [6.45, 7) is 0.105. The van der Waals surface area contributed by atoms with Gasteiger partial charge in [0.1, 0.15) is 0 Å². The van der Waals surface area contributed by atoms with Crippen molar-refractivity contribution in [2.24, 2.45) is 0 Å². The van der Waals surface area contributed by atoms with Crippen molar-refractivity contribution in [3.05, 3.63) is 84.4 Å². The van der Waals surface area contributed by atoms with Gasteiger partial charge in [-0.25, -0.2) is 0 Å². The maximum atomic E-state index is 13.1. The summed E-state index contributed by atoms with van der Waals surface area (Å²) in [5, 5.41) is 5.19. The Morgan fingerprint density at radius 3 is 2.06 bits per heavy atom. The zero-order valence-corrected chi connectivity index (χ0v) is 18.0. The van der Waals surface area contributed by atoms with Crippen LogP contribution in [0.25, 0.3) is 11.1 Å². The van der Waals surface area contributed by atoms with Gasteiger partial charge in [-0.05, 0) is 30.8 Å². The number of halogens is 3. The summed E-state index contributed by atoms with van der Waals surface area (Å²) in [4.78, 5) is 26.3. The minimum Gasteiger partial charge on any atom is -0.325 e. The second-order valence-electron chi connectivity index (χ2n) is 7.54. The SMILES string of the molecule is CN(CCC(=O)Nc1ccccc1-c1ccccc1)CC(=O)Nc1ccccc1C(F)(F)F. The number of anilines is 2. The molecule has 0 aliphatic carbocycles. The van der Waals surface area contributed by atoms with Gasteiger partial charge >= 0.3 is 6.18 Å². The number of nitrogens with zero attached hydrogens (tertiary/aromatic N) is 1. The van der Waals surface area contributed by atoms with Crippen LogP contribution >= 0.6 is 0 Å². The Morgan fingerprint density at radius 1 is 0.788 bits per heavy atom. The van der Waals surface area contributed by atoms with E-state index in [1.165, 1.54) is 18.2 Å². The lowest BCUT2D eigenvalue weighted by Gasteiger charge is -2.18. The van der Waals surface area contributed by atoms with Crippen LogP contribution in [-0.4, -0.2) is 36.9 Å². The topological polar surface area (TPSA) is 61.4 Å². The normalized spacial score (nSPS) is 11.3. The number of hydrogen-bond donors (Lipinski definition) is 2. The highest BCUT2D eigenvalue weighted by atomic mass is 19.4. The highest BCUT2D eigenvalue weighted by molar-refractivity contribution is 5.96. The summed E-state index contributed by atoms with van der Waals surface area (Å²) >= 11 is 0. The molecular formula is C25H24F3N3O2. The summed E-state index contributed by atoms with van der Waals surface area (Å²) in [6, 6.07) is 21.9. The fourth-order valence-corrected chi connectivity index (χ4v) is 3.32. The first-order chi connectivity index (χ1) is 15.7. The lowest BCUT2D eigenvalue weighted by atomic mass is 10.0. The molecule has 3 aromatic carbocycles. The molecule has 0 radical (unpaired) electrons. The smallest absolute Gasteiger partial charge is 0.325 e. The number of likely N-dealkylation sites (N-methyl/N-ethyl adjacent to an activating group) is 1. The first-order valence-corrected chi connectivity index (χ1v) is 10.3. The fraction of sp³-hybridized carbons (Fsp3) is 0.200. The molecule has 172 valence electrons. The predicted molar refractivity (Wildman–Crippen MR) is 123 cm³/mol. The molecule has 0 aliphatic rings. The number of para-hydroxylation sites is 2. The first kappa shape index (κ1) is 24.0. The van der Waals surface area contributed by atoms with E-state index in [2.05, 4.69) is 10.6 Å². The molecule has 3 rings (SSSR count). The quantitative estimate of drug-likeness (QED) is 0.486. The largest absolute Gasteiger partial charge is 0.418 e. The Kier molecular flexibility index (Phi) is 7.84. The van der Waals surface area contributed by atoms with Gasteiger partial charge in [0.15, 0.2) is 0 Å². The lowest BCUT2D eigenvalue weighted by molar-refractivity contribution is -0.137. The Morgan fingerprint density at radius 2 is 1.36 bits per heavy atom. The molecule has 0 fully saturated rings. The van der Waals surface area contributed by atoms with Gasteiger partial charge in [0.25, 0.3) is 0 Å². The number of alkyl halides is 3. The van der Waals surface area contributed by atoms with Crippen molar-refractivity contribution < 1.29 is 22.8 Å². The van der Waals surface area contributed by atoms with Crippen molar-refractivity contribution in [2.75, 3.05) is 30.8 Å². The molecule has 33 heavy (non-hydrogen) atoms. The molecule has 0 atom stereocenters. The summed E-state index contributed by atoms with van der Waals surface area (Å²) in [5.41, 5.74) is 1.35. The van der Waals surface area contributed by atoms with E-state index in [1.807, 2.05) is 54.6 Å². The van der Waals surface area contributed by atoms with Gasteiger partial charge in [0, 0.05) is 24.2 Å². The number of carbonyl (C=O) groups excluding carboxylic acids is 2. The van der Waals surface area contributed by atoms with Crippen LogP contribution in [0.5, 0.6) is 0 Å². The number of carbonyl (C=O) groups is 2. The monoisotopic (exact) mass is 455 g/mol. The van der Waals surface area contributed by atoms with E-state index in [4.69, 9.17) is 0 Å². The number of benzene rings is 3. The minimum absolute atomic E-state index is 0.117. The van der Waals surface area contributed by atoms with Crippen molar-refractivity contribution >= 4 is 23.2 Å². The van der Waals surface area contributed by atoms with Gasteiger partial charge in [0.05, 0.1) is 17.8 Å². The van der Waals surface area contributed by atoms with Crippen molar-refractivity contribution in [1.82, 2.24) is 4.90 Å². The molecule has 5 nitrogen and oxygen atoms in total. The molecule has 0 spiro atoms. The summed E-state index contributed by atoms with van der Waals surface area (Å²) < 4.78 is 39.2. The molecule has 0 bridgehead atoms. The first-order valence-electron chi connectivity index (χ1n) is 10.3. The van der Waals surface area contributed by atoms with Crippen molar-refractivity contribution in [2.45, 2.75) is 12.6 Å². The van der Waals surface area contributed by atoms with Crippen molar-refractivity contribution in [3.63, 3.8) is 0 Å². The third-order valence-corrected chi connectivity index (χ3v) is 4.93. The molecule has 0 heterocycles. The van der Waals surface area contributed by atoms with Crippen LogP contribution in [0, 0.1) is 0 Å². The molecule has 2 amide bonds. The second-order valence-corrected chi connectivity index (χ2v) is 7.54. The highest BCUT2D eigenvalue weighted by Gasteiger charge is 2.33. The van der Waals surface area contributed by atoms with Crippen molar-refractivity contribution in [1.29, 1.82) is 0 Å². The molecule has 0 unspecified atom stereocenters. The van der Waals surface area contributed by atoms with Gasteiger partial charge < -0.3 is 10.6 Å². The molecular weight excluding hydrogens is 431 g/mol. The standard InChI is InChI=1S/C25H24F3N3O2/c1-31(17-24(33)30-22-14-8-6-12-20(22)25(26,27)28)16-15-23(32)29-21-13-7-5-11-19(21)18-9-3-2-4-10-18/h2-14H,15-17H2,1H3,(H,29,32)(H,30,33). The maximum Gasteiger partial charge on any atom is 0.418 e. The zero-order valence-electron chi connectivity index (χ0n) is 18.0.